The summed E-state index contributed by atoms with van der Waals surface area (Å²) in [5.41, 5.74) is 5.68. The highest BCUT2D eigenvalue weighted by Crippen LogP contribution is 2.37. The zero-order valence-electron chi connectivity index (χ0n) is 11.7. The molecule has 0 unspecified atom stereocenters. The van der Waals surface area contributed by atoms with Crippen LogP contribution in [0.2, 0.25) is 0 Å². The largest absolute Gasteiger partial charge is 0.508 e. The summed E-state index contributed by atoms with van der Waals surface area (Å²) >= 11 is 0. The van der Waals surface area contributed by atoms with Crippen LogP contribution in [0.5, 0.6) is 5.75 Å². The van der Waals surface area contributed by atoms with Gasteiger partial charge in [-0.05, 0) is 66.3 Å². The summed E-state index contributed by atoms with van der Waals surface area (Å²) in [6.07, 6.45) is 1.84. The van der Waals surface area contributed by atoms with Gasteiger partial charge in [-0.1, -0.05) is 11.6 Å². The van der Waals surface area contributed by atoms with Crippen LogP contribution in [0, 0.1) is 10.1 Å². The van der Waals surface area contributed by atoms with Gasteiger partial charge < -0.3 is 5.11 Å². The lowest BCUT2D eigenvalue weighted by Gasteiger charge is -2.22. The third kappa shape index (κ3) is 2.40. The summed E-state index contributed by atoms with van der Waals surface area (Å²) in [6.45, 7) is 2.09. The molecule has 3 rings (SSSR count). The number of phenolic OH excluding ortho intramolecular Hbond substituents is 1. The highest BCUT2D eigenvalue weighted by Gasteiger charge is 2.19. The molecule has 0 atom stereocenters. The molecule has 0 saturated carbocycles. The lowest BCUT2D eigenvalue weighted by molar-refractivity contribution is -0.384. The predicted molar refractivity (Wildman–Crippen MR) is 81.2 cm³/mol. The van der Waals surface area contributed by atoms with E-state index in [9.17, 15) is 15.2 Å². The van der Waals surface area contributed by atoms with E-state index in [1.54, 1.807) is 24.3 Å². The lowest BCUT2D eigenvalue weighted by atomic mass is 9.82. The summed E-state index contributed by atoms with van der Waals surface area (Å²) in [5.74, 6) is 0.274. The van der Waals surface area contributed by atoms with Crippen molar-refractivity contribution in [1.29, 1.82) is 0 Å². The summed E-state index contributed by atoms with van der Waals surface area (Å²) < 4.78 is 0. The quantitative estimate of drug-likeness (QED) is 0.666. The second-order valence-corrected chi connectivity index (χ2v) is 5.30. The molecule has 1 N–H and O–H groups in total. The zero-order valence-corrected chi connectivity index (χ0v) is 11.7. The van der Waals surface area contributed by atoms with Gasteiger partial charge in [-0.2, -0.15) is 0 Å². The first-order valence-electron chi connectivity index (χ1n) is 6.83. The number of fused-ring (bicyclic) bond motifs is 1. The Labute approximate surface area is 122 Å². The van der Waals surface area contributed by atoms with Gasteiger partial charge in [-0.3, -0.25) is 10.1 Å². The van der Waals surface area contributed by atoms with Gasteiger partial charge in [0.15, 0.2) is 0 Å². The maximum atomic E-state index is 10.8. The maximum Gasteiger partial charge on any atom is 0.269 e. The fourth-order valence-electron chi connectivity index (χ4n) is 2.86. The SMILES string of the molecule is CC1=C(c2ccc([N+](=O)[O-])cc2)c2ccc(O)cc2CC1. The highest BCUT2D eigenvalue weighted by atomic mass is 16.6. The standard InChI is InChI=1S/C17H15NO3/c1-11-2-3-13-10-15(19)8-9-16(13)17(11)12-4-6-14(7-5-12)18(20)21/h4-10,19H,2-3H2,1H3. The third-order valence-corrected chi connectivity index (χ3v) is 3.92. The molecule has 106 valence electrons. The number of nitro groups is 1. The molecule has 21 heavy (non-hydrogen) atoms. The number of hydrogen-bond acceptors (Lipinski definition) is 3. The Kier molecular flexibility index (Phi) is 3.22. The Morgan fingerprint density at radius 3 is 2.48 bits per heavy atom. The Balaban J connectivity index is 2.10. The lowest BCUT2D eigenvalue weighted by Crippen LogP contribution is -2.04. The van der Waals surface area contributed by atoms with Gasteiger partial charge in [0.05, 0.1) is 4.92 Å². The van der Waals surface area contributed by atoms with Crippen LogP contribution in [0.4, 0.5) is 5.69 Å². The first-order chi connectivity index (χ1) is 10.1. The van der Waals surface area contributed by atoms with Crippen molar-refractivity contribution in [3.05, 3.63) is 74.8 Å². The van der Waals surface area contributed by atoms with Gasteiger partial charge in [-0.25, -0.2) is 0 Å². The summed E-state index contributed by atoms with van der Waals surface area (Å²) in [5, 5.41) is 20.4. The molecule has 0 bridgehead atoms. The molecule has 2 aromatic rings. The van der Waals surface area contributed by atoms with E-state index in [1.807, 2.05) is 6.07 Å². The van der Waals surface area contributed by atoms with Crippen LogP contribution in [-0.4, -0.2) is 10.0 Å². The van der Waals surface area contributed by atoms with E-state index in [-0.39, 0.29) is 11.4 Å². The molecular formula is C17H15NO3. The number of nitrogens with zero attached hydrogens (tertiary/aromatic N) is 1. The van der Waals surface area contributed by atoms with Crippen LogP contribution < -0.4 is 0 Å². The molecule has 1 aliphatic carbocycles. The number of rotatable bonds is 2. The molecular weight excluding hydrogens is 266 g/mol. The Morgan fingerprint density at radius 1 is 1.10 bits per heavy atom. The van der Waals surface area contributed by atoms with Crippen molar-refractivity contribution < 1.29 is 10.0 Å². The number of allylic oxidation sites excluding steroid dienone is 1. The molecule has 0 saturated heterocycles. The molecule has 2 aromatic carbocycles. The van der Waals surface area contributed by atoms with E-state index in [2.05, 4.69) is 6.92 Å². The molecule has 1 aliphatic rings. The van der Waals surface area contributed by atoms with Crippen LogP contribution in [-0.2, 0) is 6.42 Å². The minimum atomic E-state index is -0.391. The van der Waals surface area contributed by atoms with E-state index >= 15 is 0 Å². The molecule has 4 heteroatoms. The second kappa shape index (κ2) is 5.05. The first-order valence-corrected chi connectivity index (χ1v) is 6.83. The third-order valence-electron chi connectivity index (χ3n) is 3.92. The van der Waals surface area contributed by atoms with Crippen molar-refractivity contribution in [2.45, 2.75) is 19.8 Å². The van der Waals surface area contributed by atoms with Crippen LogP contribution in [0.3, 0.4) is 0 Å². The van der Waals surface area contributed by atoms with E-state index in [1.165, 1.54) is 17.7 Å². The molecule has 0 aliphatic heterocycles. The van der Waals surface area contributed by atoms with E-state index in [0.29, 0.717) is 0 Å². The molecule has 0 heterocycles. The average molecular weight is 281 g/mol. The minimum Gasteiger partial charge on any atom is -0.508 e. The molecule has 0 amide bonds. The average Bonchev–Trinajstić information content (AvgIpc) is 2.47. The highest BCUT2D eigenvalue weighted by molar-refractivity contribution is 5.85. The molecule has 0 spiro atoms. The number of nitro benzene ring substituents is 1. The van der Waals surface area contributed by atoms with Gasteiger partial charge in [0.25, 0.3) is 5.69 Å². The molecule has 4 nitrogen and oxygen atoms in total. The number of hydrogen-bond donors (Lipinski definition) is 1. The molecule has 0 radical (unpaired) electrons. The van der Waals surface area contributed by atoms with Crippen LogP contribution in [0.1, 0.15) is 30.0 Å². The van der Waals surface area contributed by atoms with Crippen molar-refractivity contribution in [3.8, 4) is 5.75 Å². The number of benzene rings is 2. The first kappa shape index (κ1) is 13.4. The smallest absolute Gasteiger partial charge is 0.269 e. The topological polar surface area (TPSA) is 63.4 Å². The Hall–Kier alpha value is -2.62. The Morgan fingerprint density at radius 2 is 1.81 bits per heavy atom. The molecule has 0 aromatic heterocycles. The van der Waals surface area contributed by atoms with Gasteiger partial charge in [-0.15, -0.1) is 0 Å². The fraction of sp³-hybridized carbons (Fsp3) is 0.176. The van der Waals surface area contributed by atoms with Crippen LogP contribution in [0.15, 0.2) is 48.0 Å². The van der Waals surface area contributed by atoms with Crippen molar-refractivity contribution in [2.24, 2.45) is 0 Å². The van der Waals surface area contributed by atoms with Gasteiger partial charge in [0.2, 0.25) is 0 Å². The van der Waals surface area contributed by atoms with Crippen molar-refractivity contribution in [3.63, 3.8) is 0 Å². The Bertz CT molecular complexity index is 745. The maximum absolute atomic E-state index is 10.8. The van der Waals surface area contributed by atoms with E-state index in [4.69, 9.17) is 0 Å². The van der Waals surface area contributed by atoms with E-state index < -0.39 is 4.92 Å². The van der Waals surface area contributed by atoms with E-state index in [0.717, 1.165) is 35.1 Å². The summed E-state index contributed by atoms with van der Waals surface area (Å²) in [7, 11) is 0. The molecule has 0 fully saturated rings. The summed E-state index contributed by atoms with van der Waals surface area (Å²) in [6, 6.07) is 12.0. The number of aromatic hydroxyl groups is 1. The zero-order chi connectivity index (χ0) is 15.0. The van der Waals surface area contributed by atoms with Gasteiger partial charge in [0.1, 0.15) is 5.75 Å². The minimum absolute atomic E-state index is 0.0961. The normalized spacial score (nSPS) is 14.0. The van der Waals surface area contributed by atoms with Crippen LogP contribution >= 0.6 is 0 Å². The number of aryl methyl sites for hydroxylation is 1. The van der Waals surface area contributed by atoms with Gasteiger partial charge >= 0.3 is 0 Å². The van der Waals surface area contributed by atoms with Crippen LogP contribution in [0.25, 0.3) is 5.57 Å². The van der Waals surface area contributed by atoms with Crippen molar-refractivity contribution in [1.82, 2.24) is 0 Å². The monoisotopic (exact) mass is 281 g/mol. The fourth-order valence-corrected chi connectivity index (χ4v) is 2.86. The second-order valence-electron chi connectivity index (χ2n) is 5.30. The predicted octanol–water partition coefficient (Wildman–Crippen LogP) is 4.07. The van der Waals surface area contributed by atoms with Crippen molar-refractivity contribution in [2.75, 3.05) is 0 Å². The number of phenols is 1. The van der Waals surface area contributed by atoms with Gasteiger partial charge in [0, 0.05) is 12.1 Å². The van der Waals surface area contributed by atoms with Crippen molar-refractivity contribution >= 4 is 11.3 Å². The number of non-ortho nitro benzene ring substituents is 1. The summed E-state index contributed by atoms with van der Waals surface area (Å²) in [4.78, 5) is 10.4.